The van der Waals surface area contributed by atoms with Crippen LogP contribution < -0.4 is 27.8 Å². The summed E-state index contributed by atoms with van der Waals surface area (Å²) in [6.07, 6.45) is -1.08. The summed E-state index contributed by atoms with van der Waals surface area (Å²) in [4.78, 5) is 67.3. The first kappa shape index (κ1) is 23.0. The van der Waals surface area contributed by atoms with Crippen molar-refractivity contribution in [3.05, 3.63) is 0 Å². The fourth-order valence-corrected chi connectivity index (χ4v) is 1.88. The van der Waals surface area contributed by atoms with Gasteiger partial charge in [-0.2, -0.15) is 0 Å². The average molecular weight is 373 g/mol. The van der Waals surface area contributed by atoms with Gasteiger partial charge in [-0.25, -0.2) is 0 Å². The summed E-state index contributed by atoms with van der Waals surface area (Å²) in [5, 5.41) is 13.1. The predicted octanol–water partition coefficient (Wildman–Crippen LogP) is -3.51. The Kier molecular flexibility index (Phi) is 10.2. The Morgan fingerprint density at radius 2 is 1.54 bits per heavy atom. The van der Waals surface area contributed by atoms with Crippen LogP contribution in [0, 0.1) is 0 Å². The molecule has 0 saturated heterocycles. The number of carbonyl (C=O) groups is 6. The molecule has 12 heteroatoms. The third-order valence-corrected chi connectivity index (χ3v) is 3.23. The van der Waals surface area contributed by atoms with Crippen molar-refractivity contribution in [3.63, 3.8) is 0 Å². The Labute approximate surface area is 148 Å². The molecular weight excluding hydrogens is 350 g/mol. The van der Waals surface area contributed by atoms with Crippen LogP contribution in [0.4, 0.5) is 0 Å². The minimum Gasteiger partial charge on any atom is -0.481 e. The molecule has 0 radical (unpaired) electrons. The summed E-state index contributed by atoms with van der Waals surface area (Å²) in [6.45, 7) is 0. The third-order valence-electron chi connectivity index (χ3n) is 3.23. The maximum Gasteiger partial charge on any atom is 0.303 e. The van der Waals surface area contributed by atoms with Crippen LogP contribution in [0.15, 0.2) is 0 Å². The Bertz CT molecular complexity index is 566. The predicted molar refractivity (Wildman–Crippen MR) is 87.0 cm³/mol. The fraction of sp³-hybridized carbons (Fsp3) is 0.571. The molecule has 3 atom stereocenters. The third kappa shape index (κ3) is 9.97. The van der Waals surface area contributed by atoms with E-state index in [1.54, 1.807) is 0 Å². The zero-order chi connectivity index (χ0) is 20.3. The Balaban J connectivity index is 4.96. The fourth-order valence-electron chi connectivity index (χ4n) is 1.88. The second kappa shape index (κ2) is 11.5. The van der Waals surface area contributed by atoms with Crippen molar-refractivity contribution in [2.45, 2.75) is 50.2 Å². The average Bonchev–Trinajstić information content (AvgIpc) is 2.54. The summed E-state index contributed by atoms with van der Waals surface area (Å²) in [7, 11) is 0. The number of amides is 4. The second-order valence-corrected chi connectivity index (χ2v) is 5.53. The van der Waals surface area contributed by atoms with Crippen molar-refractivity contribution in [2.24, 2.45) is 17.2 Å². The molecule has 146 valence electrons. The van der Waals surface area contributed by atoms with Crippen molar-refractivity contribution in [1.82, 2.24) is 10.6 Å². The highest BCUT2D eigenvalue weighted by Gasteiger charge is 2.26. The van der Waals surface area contributed by atoms with E-state index < -0.39 is 54.1 Å². The molecule has 0 aromatic carbocycles. The quantitative estimate of drug-likeness (QED) is 0.177. The number of nitrogens with two attached hydrogens (primary N) is 3. The standard InChI is InChI=1S/C14H23N5O7/c15-8(1-4-12(23)24)13(25)19-9(2-3-10(16)21)14(26)18-7(6-20)5-11(17)22/h6-9H,1-5,15H2,(H2,16,21)(H2,17,22)(H,18,26)(H,19,25)(H,23,24)/t7-,8-,9-/m0/s1. The monoisotopic (exact) mass is 373 g/mol. The molecule has 0 unspecified atom stereocenters. The van der Waals surface area contributed by atoms with E-state index in [4.69, 9.17) is 22.3 Å². The molecule has 0 aliphatic carbocycles. The summed E-state index contributed by atoms with van der Waals surface area (Å²) < 4.78 is 0. The number of carboxylic acids is 1. The number of hydrogen-bond donors (Lipinski definition) is 6. The Morgan fingerprint density at radius 3 is 2.00 bits per heavy atom. The van der Waals surface area contributed by atoms with E-state index in [1.165, 1.54) is 0 Å². The van der Waals surface area contributed by atoms with E-state index in [0.29, 0.717) is 6.29 Å². The highest BCUT2D eigenvalue weighted by molar-refractivity contribution is 5.92. The zero-order valence-electron chi connectivity index (χ0n) is 14.0. The molecule has 0 aromatic heterocycles. The van der Waals surface area contributed by atoms with Gasteiger partial charge in [0.15, 0.2) is 0 Å². The van der Waals surface area contributed by atoms with Crippen LogP contribution in [0.3, 0.4) is 0 Å². The van der Waals surface area contributed by atoms with E-state index in [0.717, 1.165) is 0 Å². The maximum atomic E-state index is 12.2. The molecule has 12 nitrogen and oxygen atoms in total. The van der Waals surface area contributed by atoms with Gasteiger partial charge in [0.1, 0.15) is 12.3 Å². The lowest BCUT2D eigenvalue weighted by Gasteiger charge is -2.21. The molecule has 0 spiro atoms. The van der Waals surface area contributed by atoms with Crippen molar-refractivity contribution < 1.29 is 33.9 Å². The maximum absolute atomic E-state index is 12.2. The van der Waals surface area contributed by atoms with E-state index >= 15 is 0 Å². The molecule has 0 rings (SSSR count). The molecule has 26 heavy (non-hydrogen) atoms. The van der Waals surface area contributed by atoms with Crippen LogP contribution in [0.1, 0.15) is 32.1 Å². The van der Waals surface area contributed by atoms with Crippen LogP contribution >= 0.6 is 0 Å². The zero-order valence-corrected chi connectivity index (χ0v) is 14.0. The molecule has 0 fully saturated rings. The van der Waals surface area contributed by atoms with Gasteiger partial charge in [-0.05, 0) is 12.8 Å². The van der Waals surface area contributed by atoms with Gasteiger partial charge < -0.3 is 37.7 Å². The van der Waals surface area contributed by atoms with Gasteiger partial charge in [0.05, 0.1) is 18.5 Å². The lowest BCUT2D eigenvalue weighted by Crippen LogP contribution is -2.54. The first-order valence-corrected chi connectivity index (χ1v) is 7.66. The molecule has 0 aromatic rings. The van der Waals surface area contributed by atoms with Crippen LogP contribution in [0.2, 0.25) is 0 Å². The SMILES string of the molecule is NC(=O)CC[C@H](NC(=O)[C@@H](N)CCC(=O)O)C(=O)N[C@H](C=O)CC(N)=O. The van der Waals surface area contributed by atoms with Crippen molar-refractivity contribution in [2.75, 3.05) is 0 Å². The van der Waals surface area contributed by atoms with Gasteiger partial charge >= 0.3 is 5.97 Å². The van der Waals surface area contributed by atoms with E-state index in [-0.39, 0.29) is 25.7 Å². The largest absolute Gasteiger partial charge is 0.481 e. The van der Waals surface area contributed by atoms with E-state index in [9.17, 15) is 28.8 Å². The molecule has 9 N–H and O–H groups in total. The molecule has 0 bridgehead atoms. The van der Waals surface area contributed by atoms with Gasteiger partial charge in [-0.1, -0.05) is 0 Å². The van der Waals surface area contributed by atoms with Gasteiger partial charge in [-0.15, -0.1) is 0 Å². The summed E-state index contributed by atoms with van der Waals surface area (Å²) in [5.74, 6) is -4.35. The van der Waals surface area contributed by atoms with Crippen LogP contribution in [0.5, 0.6) is 0 Å². The molecular formula is C14H23N5O7. The smallest absolute Gasteiger partial charge is 0.303 e. The molecule has 0 aliphatic rings. The lowest BCUT2D eigenvalue weighted by molar-refractivity contribution is -0.137. The highest BCUT2D eigenvalue weighted by atomic mass is 16.4. The van der Waals surface area contributed by atoms with Crippen molar-refractivity contribution in [1.29, 1.82) is 0 Å². The number of carboxylic acid groups (broad SMARTS) is 1. The minimum absolute atomic E-state index is 0.163. The number of nitrogens with one attached hydrogen (secondary N) is 2. The number of primary amides is 2. The van der Waals surface area contributed by atoms with E-state index in [2.05, 4.69) is 10.6 Å². The van der Waals surface area contributed by atoms with Gasteiger partial charge in [-0.3, -0.25) is 24.0 Å². The van der Waals surface area contributed by atoms with Gasteiger partial charge in [0.2, 0.25) is 23.6 Å². The van der Waals surface area contributed by atoms with Crippen molar-refractivity contribution in [3.8, 4) is 0 Å². The summed E-state index contributed by atoms with van der Waals surface area (Å²) >= 11 is 0. The van der Waals surface area contributed by atoms with Crippen LogP contribution in [0.25, 0.3) is 0 Å². The number of rotatable bonds is 13. The van der Waals surface area contributed by atoms with Crippen molar-refractivity contribution >= 4 is 35.9 Å². The number of hydrogen-bond acceptors (Lipinski definition) is 7. The van der Waals surface area contributed by atoms with E-state index in [1.807, 2.05) is 0 Å². The molecule has 0 aliphatic heterocycles. The first-order valence-electron chi connectivity index (χ1n) is 7.66. The summed E-state index contributed by atoms with van der Waals surface area (Å²) in [5.41, 5.74) is 15.5. The molecule has 0 heterocycles. The topological polar surface area (TPSA) is 225 Å². The van der Waals surface area contributed by atoms with Gasteiger partial charge in [0, 0.05) is 12.8 Å². The first-order chi connectivity index (χ1) is 12.1. The summed E-state index contributed by atoms with van der Waals surface area (Å²) in [6, 6.07) is -3.66. The number of carbonyl (C=O) groups excluding carboxylic acids is 5. The normalized spacial score (nSPS) is 13.7. The number of aldehydes is 1. The Hall–Kier alpha value is -3.02. The molecule has 0 saturated carbocycles. The second-order valence-electron chi connectivity index (χ2n) is 5.53. The van der Waals surface area contributed by atoms with Crippen LogP contribution in [-0.2, 0) is 28.8 Å². The number of aliphatic carboxylic acids is 1. The lowest BCUT2D eigenvalue weighted by atomic mass is 10.1. The minimum atomic E-state index is -1.26. The Morgan fingerprint density at radius 1 is 0.923 bits per heavy atom. The van der Waals surface area contributed by atoms with Gasteiger partial charge in [0.25, 0.3) is 0 Å². The molecule has 4 amide bonds. The van der Waals surface area contributed by atoms with Crippen LogP contribution in [-0.4, -0.2) is 59.1 Å². The highest BCUT2D eigenvalue weighted by Crippen LogP contribution is 2.02.